The van der Waals surface area contributed by atoms with E-state index in [0.29, 0.717) is 0 Å². The number of piperazine rings is 1. The summed E-state index contributed by atoms with van der Waals surface area (Å²) in [5.74, 6) is 1.81. The van der Waals surface area contributed by atoms with E-state index in [-0.39, 0.29) is 0 Å². The molecule has 0 N–H and O–H groups in total. The van der Waals surface area contributed by atoms with Crippen molar-refractivity contribution in [3.63, 3.8) is 0 Å². The number of nitrogens with zero attached hydrogens (tertiary/aromatic N) is 4. The van der Waals surface area contributed by atoms with Crippen molar-refractivity contribution in [2.75, 3.05) is 38.1 Å². The highest BCUT2D eigenvalue weighted by atomic mass is 79.9. The second kappa shape index (κ2) is 6.49. The number of likely N-dealkylation sites (N-methyl/N-ethyl adjacent to an activating group) is 1. The van der Waals surface area contributed by atoms with Gasteiger partial charge >= 0.3 is 0 Å². The van der Waals surface area contributed by atoms with Gasteiger partial charge in [-0.15, -0.1) is 0 Å². The largest absolute Gasteiger partial charge is 0.353 e. The monoisotopic (exact) mass is 382 g/mol. The van der Waals surface area contributed by atoms with Gasteiger partial charge in [-0.05, 0) is 25.2 Å². The van der Waals surface area contributed by atoms with Crippen molar-refractivity contribution in [3.05, 3.63) is 53.0 Å². The van der Waals surface area contributed by atoms with Crippen LogP contribution in [0.3, 0.4) is 0 Å². The predicted molar refractivity (Wildman–Crippen MR) is 102 cm³/mol. The zero-order valence-electron chi connectivity index (χ0n) is 13.6. The molecule has 4 rings (SSSR count). The standard InChI is InChI=1S/C19H19BrN4/c1-23-10-12-24(13-11-23)19-15-7-3-5-9-17(15)21-18(22-19)14-6-2-4-8-16(14)20/h2-9H,10-13H2,1H3. The fourth-order valence-corrected chi connectivity index (χ4v) is 3.54. The lowest BCUT2D eigenvalue weighted by Gasteiger charge is -2.33. The molecule has 24 heavy (non-hydrogen) atoms. The van der Waals surface area contributed by atoms with Crippen molar-refractivity contribution in [1.82, 2.24) is 14.9 Å². The summed E-state index contributed by atoms with van der Waals surface area (Å²) >= 11 is 3.63. The number of hydrogen-bond acceptors (Lipinski definition) is 4. The summed E-state index contributed by atoms with van der Waals surface area (Å²) in [5.41, 5.74) is 2.02. The van der Waals surface area contributed by atoms with Crippen molar-refractivity contribution in [2.24, 2.45) is 0 Å². The van der Waals surface area contributed by atoms with Crippen LogP contribution in [0.15, 0.2) is 53.0 Å². The lowest BCUT2D eigenvalue weighted by Crippen LogP contribution is -2.45. The molecule has 1 aliphatic rings. The summed E-state index contributed by atoms with van der Waals surface area (Å²) in [7, 11) is 2.17. The van der Waals surface area contributed by atoms with Crippen LogP contribution in [0.4, 0.5) is 5.82 Å². The van der Waals surface area contributed by atoms with Gasteiger partial charge in [-0.3, -0.25) is 0 Å². The van der Waals surface area contributed by atoms with Gasteiger partial charge in [0.25, 0.3) is 0 Å². The fraction of sp³-hybridized carbons (Fsp3) is 0.263. The van der Waals surface area contributed by atoms with E-state index in [1.165, 1.54) is 0 Å². The Kier molecular flexibility index (Phi) is 4.21. The highest BCUT2D eigenvalue weighted by molar-refractivity contribution is 9.10. The first-order chi connectivity index (χ1) is 11.7. The summed E-state index contributed by atoms with van der Waals surface area (Å²) in [5, 5.41) is 1.12. The number of fused-ring (bicyclic) bond motifs is 1. The first-order valence-electron chi connectivity index (χ1n) is 8.17. The highest BCUT2D eigenvalue weighted by Gasteiger charge is 2.19. The van der Waals surface area contributed by atoms with E-state index in [2.05, 4.69) is 57.0 Å². The molecule has 0 saturated carbocycles. The van der Waals surface area contributed by atoms with Crippen LogP contribution in [0.5, 0.6) is 0 Å². The molecule has 0 aliphatic carbocycles. The number of aromatic nitrogens is 2. The van der Waals surface area contributed by atoms with Gasteiger partial charge in [-0.1, -0.05) is 46.3 Å². The van der Waals surface area contributed by atoms with Crippen molar-refractivity contribution in [3.8, 4) is 11.4 Å². The molecule has 2 aromatic carbocycles. The Morgan fingerprint density at radius 2 is 1.58 bits per heavy atom. The van der Waals surface area contributed by atoms with E-state index < -0.39 is 0 Å². The lowest BCUT2D eigenvalue weighted by molar-refractivity contribution is 0.312. The zero-order valence-corrected chi connectivity index (χ0v) is 15.2. The predicted octanol–water partition coefficient (Wildman–Crippen LogP) is 3.81. The van der Waals surface area contributed by atoms with Crippen LogP contribution in [-0.2, 0) is 0 Å². The Bertz CT molecular complexity index is 872. The summed E-state index contributed by atoms with van der Waals surface area (Å²) in [6.45, 7) is 4.10. The molecule has 122 valence electrons. The van der Waals surface area contributed by atoms with E-state index in [1.54, 1.807) is 0 Å². The topological polar surface area (TPSA) is 32.3 Å². The average Bonchev–Trinajstić information content (AvgIpc) is 2.62. The van der Waals surface area contributed by atoms with Gasteiger partial charge < -0.3 is 9.80 Å². The van der Waals surface area contributed by atoms with Gasteiger partial charge in [0.15, 0.2) is 5.82 Å². The third-order valence-electron chi connectivity index (χ3n) is 4.50. The van der Waals surface area contributed by atoms with Crippen molar-refractivity contribution < 1.29 is 0 Å². The van der Waals surface area contributed by atoms with Crippen LogP contribution in [-0.4, -0.2) is 48.1 Å². The normalized spacial score (nSPS) is 15.8. The number of anilines is 1. The Labute approximate surface area is 150 Å². The summed E-state index contributed by atoms with van der Waals surface area (Å²) in [6.07, 6.45) is 0. The molecule has 5 heteroatoms. The van der Waals surface area contributed by atoms with Crippen LogP contribution >= 0.6 is 15.9 Å². The van der Waals surface area contributed by atoms with Gasteiger partial charge in [-0.25, -0.2) is 9.97 Å². The molecular weight excluding hydrogens is 364 g/mol. The van der Waals surface area contributed by atoms with Crippen LogP contribution in [0.2, 0.25) is 0 Å². The molecule has 1 aromatic heterocycles. The highest BCUT2D eigenvalue weighted by Crippen LogP contribution is 2.31. The molecule has 0 spiro atoms. The molecule has 1 aliphatic heterocycles. The van der Waals surface area contributed by atoms with Crippen LogP contribution in [0.1, 0.15) is 0 Å². The zero-order chi connectivity index (χ0) is 16.5. The van der Waals surface area contributed by atoms with Crippen molar-refractivity contribution >= 4 is 32.7 Å². The molecule has 0 amide bonds. The number of halogens is 1. The van der Waals surface area contributed by atoms with Crippen LogP contribution in [0.25, 0.3) is 22.3 Å². The second-order valence-corrected chi connectivity index (χ2v) is 7.01. The van der Waals surface area contributed by atoms with Gasteiger partial charge in [0.1, 0.15) is 5.82 Å². The van der Waals surface area contributed by atoms with Crippen molar-refractivity contribution in [1.29, 1.82) is 0 Å². The van der Waals surface area contributed by atoms with E-state index in [1.807, 2.05) is 24.3 Å². The molecule has 0 bridgehead atoms. The maximum Gasteiger partial charge on any atom is 0.163 e. The molecule has 1 saturated heterocycles. The minimum absolute atomic E-state index is 0.773. The lowest BCUT2D eigenvalue weighted by atomic mass is 10.1. The van der Waals surface area contributed by atoms with E-state index in [0.717, 1.165) is 58.8 Å². The first-order valence-corrected chi connectivity index (χ1v) is 8.97. The average molecular weight is 383 g/mol. The molecule has 3 aromatic rings. The number of hydrogen-bond donors (Lipinski definition) is 0. The van der Waals surface area contributed by atoms with Crippen molar-refractivity contribution in [2.45, 2.75) is 0 Å². The van der Waals surface area contributed by atoms with Gasteiger partial charge in [0.05, 0.1) is 5.52 Å². The Morgan fingerprint density at radius 3 is 2.38 bits per heavy atom. The summed E-state index contributed by atoms with van der Waals surface area (Å²) in [4.78, 5) is 14.5. The Morgan fingerprint density at radius 1 is 0.875 bits per heavy atom. The quantitative estimate of drug-likeness (QED) is 0.674. The van der Waals surface area contributed by atoms with Gasteiger partial charge in [0, 0.05) is 41.6 Å². The molecule has 2 heterocycles. The van der Waals surface area contributed by atoms with Gasteiger partial charge in [-0.2, -0.15) is 0 Å². The third-order valence-corrected chi connectivity index (χ3v) is 5.19. The maximum absolute atomic E-state index is 4.95. The van der Waals surface area contributed by atoms with Crippen LogP contribution in [0, 0.1) is 0 Å². The molecular formula is C19H19BrN4. The summed E-state index contributed by atoms with van der Waals surface area (Å²) < 4.78 is 1.02. The summed E-state index contributed by atoms with van der Waals surface area (Å²) in [6, 6.07) is 16.4. The number of para-hydroxylation sites is 1. The Hall–Kier alpha value is -1.98. The molecule has 0 atom stereocenters. The van der Waals surface area contributed by atoms with E-state index in [9.17, 15) is 0 Å². The van der Waals surface area contributed by atoms with Crippen LogP contribution < -0.4 is 4.90 Å². The smallest absolute Gasteiger partial charge is 0.163 e. The van der Waals surface area contributed by atoms with E-state index in [4.69, 9.17) is 9.97 Å². The number of rotatable bonds is 2. The fourth-order valence-electron chi connectivity index (χ4n) is 3.08. The Balaban J connectivity index is 1.87. The van der Waals surface area contributed by atoms with Gasteiger partial charge in [0.2, 0.25) is 0 Å². The molecule has 0 radical (unpaired) electrons. The third kappa shape index (κ3) is 2.89. The molecule has 4 nitrogen and oxygen atoms in total. The maximum atomic E-state index is 4.95. The molecule has 1 fully saturated rings. The minimum atomic E-state index is 0.773. The molecule has 0 unspecified atom stereocenters. The minimum Gasteiger partial charge on any atom is -0.353 e. The first kappa shape index (κ1) is 15.5. The SMILES string of the molecule is CN1CCN(c2nc(-c3ccccc3Br)nc3ccccc23)CC1. The second-order valence-electron chi connectivity index (χ2n) is 6.16. The number of benzene rings is 2. The van der Waals surface area contributed by atoms with E-state index >= 15 is 0 Å².